The highest BCUT2D eigenvalue weighted by molar-refractivity contribution is 7.80. The van der Waals surface area contributed by atoms with Gasteiger partial charge < -0.3 is 11.1 Å². The average Bonchev–Trinajstić information content (AvgIpc) is 2.38. The van der Waals surface area contributed by atoms with Crippen LogP contribution in [0.15, 0.2) is 42.5 Å². The maximum absolute atomic E-state index is 12.2. The Morgan fingerprint density at radius 3 is 2.65 bits per heavy atom. The summed E-state index contributed by atoms with van der Waals surface area (Å²) in [6, 6.07) is 12.3. The van der Waals surface area contributed by atoms with Crippen molar-refractivity contribution in [1.82, 2.24) is 0 Å². The lowest BCUT2D eigenvalue weighted by molar-refractivity contribution is 0.102. The minimum atomic E-state index is -0.228. The minimum absolute atomic E-state index is 0.209. The molecule has 0 atom stereocenters. The van der Waals surface area contributed by atoms with E-state index in [-0.39, 0.29) is 10.9 Å². The Hall–Kier alpha value is -1.91. The molecule has 1 amide bonds. The van der Waals surface area contributed by atoms with E-state index in [1.54, 1.807) is 30.3 Å². The number of hydrogen-bond donors (Lipinski definition) is 2. The first kappa shape index (κ1) is 14.5. The number of amides is 1. The summed E-state index contributed by atoms with van der Waals surface area (Å²) in [5.41, 5.74) is 8.32. The van der Waals surface area contributed by atoms with Crippen LogP contribution in [0.2, 0.25) is 5.02 Å². The number of thiocarbonyl (C=S) groups is 1. The van der Waals surface area contributed by atoms with Gasteiger partial charge in [-0.15, -0.1) is 0 Å². The van der Waals surface area contributed by atoms with Crippen LogP contribution in [0, 0.1) is 6.92 Å². The molecule has 3 N–H and O–H groups in total. The topological polar surface area (TPSA) is 55.1 Å². The van der Waals surface area contributed by atoms with Gasteiger partial charge in [0.15, 0.2) is 0 Å². The van der Waals surface area contributed by atoms with Crippen LogP contribution >= 0.6 is 23.8 Å². The van der Waals surface area contributed by atoms with Crippen LogP contribution < -0.4 is 11.1 Å². The molecule has 0 saturated carbocycles. The molecule has 0 fully saturated rings. The predicted molar refractivity (Wildman–Crippen MR) is 86.5 cm³/mol. The quantitative estimate of drug-likeness (QED) is 0.853. The smallest absolute Gasteiger partial charge is 0.255 e. The summed E-state index contributed by atoms with van der Waals surface area (Å²) in [6.07, 6.45) is 0. The number of hydrogen-bond acceptors (Lipinski definition) is 2. The van der Waals surface area contributed by atoms with Gasteiger partial charge in [0.1, 0.15) is 4.99 Å². The van der Waals surface area contributed by atoms with E-state index in [1.807, 2.05) is 19.1 Å². The van der Waals surface area contributed by atoms with Crippen molar-refractivity contribution in [3.8, 4) is 0 Å². The normalized spacial score (nSPS) is 10.1. The molecule has 2 aromatic rings. The van der Waals surface area contributed by atoms with Gasteiger partial charge in [0.2, 0.25) is 0 Å². The fourth-order valence-corrected chi connectivity index (χ4v) is 2.17. The monoisotopic (exact) mass is 304 g/mol. The molecule has 0 unspecified atom stereocenters. The molecule has 0 saturated heterocycles. The van der Waals surface area contributed by atoms with Crippen molar-refractivity contribution in [2.75, 3.05) is 5.32 Å². The Morgan fingerprint density at radius 2 is 2.00 bits per heavy atom. The molecule has 0 spiro atoms. The van der Waals surface area contributed by atoms with Gasteiger partial charge in [-0.25, -0.2) is 0 Å². The fourth-order valence-electron chi connectivity index (χ4n) is 1.82. The Labute approximate surface area is 127 Å². The molecule has 5 heteroatoms. The van der Waals surface area contributed by atoms with E-state index in [0.717, 1.165) is 5.56 Å². The van der Waals surface area contributed by atoms with E-state index >= 15 is 0 Å². The zero-order chi connectivity index (χ0) is 14.7. The summed E-state index contributed by atoms with van der Waals surface area (Å²) in [5, 5.41) is 3.29. The Kier molecular flexibility index (Phi) is 4.37. The zero-order valence-corrected chi connectivity index (χ0v) is 12.4. The molecule has 20 heavy (non-hydrogen) atoms. The van der Waals surface area contributed by atoms with E-state index in [9.17, 15) is 4.79 Å². The van der Waals surface area contributed by atoms with Gasteiger partial charge >= 0.3 is 0 Å². The molecule has 0 bridgehead atoms. The number of aryl methyl sites for hydroxylation is 1. The van der Waals surface area contributed by atoms with Crippen LogP contribution in [0.1, 0.15) is 21.5 Å². The summed E-state index contributed by atoms with van der Waals surface area (Å²) >= 11 is 10.9. The predicted octanol–water partition coefficient (Wildman–Crippen LogP) is 3.53. The SMILES string of the molecule is Cc1cccc(C(=O)Nc2cc(Cl)ccc2C(N)=S)c1. The van der Waals surface area contributed by atoms with E-state index < -0.39 is 0 Å². The van der Waals surface area contributed by atoms with E-state index in [2.05, 4.69) is 5.32 Å². The molecule has 102 valence electrons. The number of nitrogens with one attached hydrogen (secondary N) is 1. The first-order valence-electron chi connectivity index (χ1n) is 5.95. The van der Waals surface area contributed by atoms with Crippen molar-refractivity contribution in [3.63, 3.8) is 0 Å². The molecular formula is C15H13ClN2OS. The largest absolute Gasteiger partial charge is 0.389 e. The number of nitrogens with two attached hydrogens (primary N) is 1. The Bertz CT molecular complexity index is 685. The molecular weight excluding hydrogens is 292 g/mol. The summed E-state index contributed by atoms with van der Waals surface area (Å²) in [4.78, 5) is 12.4. The zero-order valence-electron chi connectivity index (χ0n) is 10.8. The number of anilines is 1. The van der Waals surface area contributed by atoms with Crippen molar-refractivity contribution in [2.24, 2.45) is 5.73 Å². The van der Waals surface area contributed by atoms with Crippen molar-refractivity contribution < 1.29 is 4.79 Å². The van der Waals surface area contributed by atoms with E-state index in [1.165, 1.54) is 0 Å². The third-order valence-electron chi connectivity index (χ3n) is 2.78. The van der Waals surface area contributed by atoms with Gasteiger partial charge in [-0.2, -0.15) is 0 Å². The van der Waals surface area contributed by atoms with Crippen molar-refractivity contribution in [2.45, 2.75) is 6.92 Å². The van der Waals surface area contributed by atoms with Crippen LogP contribution in [-0.4, -0.2) is 10.9 Å². The summed E-state index contributed by atoms with van der Waals surface area (Å²) in [5.74, 6) is -0.228. The third kappa shape index (κ3) is 3.35. The first-order chi connectivity index (χ1) is 9.47. The highest BCUT2D eigenvalue weighted by Gasteiger charge is 2.11. The lowest BCUT2D eigenvalue weighted by Crippen LogP contribution is -2.17. The number of rotatable bonds is 3. The summed E-state index contributed by atoms with van der Waals surface area (Å²) in [7, 11) is 0. The van der Waals surface area contributed by atoms with Gasteiger partial charge in [-0.3, -0.25) is 4.79 Å². The van der Waals surface area contributed by atoms with Gasteiger partial charge in [-0.1, -0.05) is 41.5 Å². The van der Waals surface area contributed by atoms with Crippen LogP contribution in [0.25, 0.3) is 0 Å². The second-order valence-corrected chi connectivity index (χ2v) is 5.25. The number of carbonyl (C=O) groups excluding carboxylic acids is 1. The summed E-state index contributed by atoms with van der Waals surface area (Å²) < 4.78 is 0. The standard InChI is InChI=1S/C15H13ClN2OS/c1-9-3-2-4-10(7-9)15(19)18-13-8-11(16)5-6-12(13)14(17)20/h2-8H,1H3,(H2,17,20)(H,18,19). The molecule has 3 nitrogen and oxygen atoms in total. The highest BCUT2D eigenvalue weighted by atomic mass is 35.5. The average molecular weight is 305 g/mol. The Morgan fingerprint density at radius 1 is 1.25 bits per heavy atom. The second-order valence-electron chi connectivity index (χ2n) is 4.38. The van der Waals surface area contributed by atoms with Crippen LogP contribution in [0.5, 0.6) is 0 Å². The van der Waals surface area contributed by atoms with Gasteiger partial charge in [0.05, 0.1) is 5.69 Å². The molecule has 0 heterocycles. The summed E-state index contributed by atoms with van der Waals surface area (Å²) in [6.45, 7) is 1.93. The van der Waals surface area contributed by atoms with E-state index in [0.29, 0.717) is 21.8 Å². The third-order valence-corrected chi connectivity index (χ3v) is 3.23. The molecule has 0 aliphatic carbocycles. The fraction of sp³-hybridized carbons (Fsp3) is 0.0667. The van der Waals surface area contributed by atoms with Crippen LogP contribution in [-0.2, 0) is 0 Å². The first-order valence-corrected chi connectivity index (χ1v) is 6.73. The molecule has 0 aliphatic rings. The van der Waals surface area contributed by atoms with Gasteiger partial charge in [0.25, 0.3) is 5.91 Å². The van der Waals surface area contributed by atoms with Crippen molar-refractivity contribution in [1.29, 1.82) is 0 Å². The van der Waals surface area contributed by atoms with Crippen molar-refractivity contribution >= 4 is 40.4 Å². The number of carbonyl (C=O) groups is 1. The van der Waals surface area contributed by atoms with Crippen LogP contribution in [0.3, 0.4) is 0 Å². The molecule has 2 aromatic carbocycles. The lowest BCUT2D eigenvalue weighted by Gasteiger charge is -2.11. The van der Waals surface area contributed by atoms with Crippen molar-refractivity contribution in [3.05, 3.63) is 64.2 Å². The minimum Gasteiger partial charge on any atom is -0.389 e. The molecule has 2 rings (SSSR count). The van der Waals surface area contributed by atoms with Gasteiger partial charge in [-0.05, 0) is 37.3 Å². The molecule has 0 aliphatic heterocycles. The maximum atomic E-state index is 12.2. The van der Waals surface area contributed by atoms with E-state index in [4.69, 9.17) is 29.6 Å². The molecule has 0 aromatic heterocycles. The molecule has 0 radical (unpaired) electrons. The Balaban J connectivity index is 2.32. The lowest BCUT2D eigenvalue weighted by atomic mass is 10.1. The number of benzene rings is 2. The number of halogens is 1. The second kappa shape index (κ2) is 6.03. The highest BCUT2D eigenvalue weighted by Crippen LogP contribution is 2.22. The van der Waals surface area contributed by atoms with Crippen LogP contribution in [0.4, 0.5) is 5.69 Å². The maximum Gasteiger partial charge on any atom is 0.255 e. The van der Waals surface area contributed by atoms with Gasteiger partial charge in [0, 0.05) is 16.1 Å².